The van der Waals surface area contributed by atoms with Crippen LogP contribution >= 0.6 is 0 Å². The lowest BCUT2D eigenvalue weighted by molar-refractivity contribution is -0.134. The summed E-state index contributed by atoms with van der Waals surface area (Å²) in [6.45, 7) is 2.39. The normalized spacial score (nSPS) is 20.2. The Hall–Kier alpha value is -1.53. The van der Waals surface area contributed by atoms with Crippen LogP contribution in [0.5, 0.6) is 0 Å². The van der Waals surface area contributed by atoms with Gasteiger partial charge < -0.3 is 15.5 Å². The molecule has 1 aromatic rings. The first-order valence-electron chi connectivity index (χ1n) is 6.64. The van der Waals surface area contributed by atoms with Crippen LogP contribution in [0.1, 0.15) is 5.56 Å². The molecule has 1 saturated heterocycles. The fourth-order valence-corrected chi connectivity index (χ4v) is 2.49. The summed E-state index contributed by atoms with van der Waals surface area (Å²) in [4.78, 5) is 16.0. The molecule has 1 aliphatic heterocycles. The summed E-state index contributed by atoms with van der Waals surface area (Å²) in [5.74, 6) is -2.08. The number of hydrogen-bond acceptors (Lipinski definition) is 3. The average Bonchev–Trinajstić information content (AvgIpc) is 2.43. The zero-order valence-corrected chi connectivity index (χ0v) is 11.5. The van der Waals surface area contributed by atoms with Crippen molar-refractivity contribution in [1.82, 2.24) is 9.80 Å². The van der Waals surface area contributed by atoms with Crippen molar-refractivity contribution in [3.05, 3.63) is 35.4 Å². The molecular formula is C14H19F2N3O. The highest BCUT2D eigenvalue weighted by molar-refractivity contribution is 5.79. The van der Waals surface area contributed by atoms with E-state index in [0.29, 0.717) is 19.6 Å². The van der Waals surface area contributed by atoms with Gasteiger partial charge in [-0.3, -0.25) is 4.79 Å². The number of piperazine rings is 1. The van der Waals surface area contributed by atoms with Gasteiger partial charge in [0.1, 0.15) is 0 Å². The minimum absolute atomic E-state index is 0.0714. The van der Waals surface area contributed by atoms with Gasteiger partial charge in [0.25, 0.3) is 0 Å². The lowest BCUT2D eigenvalue weighted by Crippen LogP contribution is -2.57. The Balaban J connectivity index is 2.09. The number of nitrogens with zero attached hydrogens (tertiary/aromatic N) is 2. The van der Waals surface area contributed by atoms with Crippen molar-refractivity contribution in [1.29, 1.82) is 0 Å². The fourth-order valence-electron chi connectivity index (χ4n) is 2.49. The highest BCUT2D eigenvalue weighted by Crippen LogP contribution is 2.15. The summed E-state index contributed by atoms with van der Waals surface area (Å²) < 4.78 is 26.7. The molecule has 0 radical (unpaired) electrons. The molecule has 20 heavy (non-hydrogen) atoms. The summed E-state index contributed by atoms with van der Waals surface area (Å²) in [5, 5.41) is 0. The molecule has 4 nitrogen and oxygen atoms in total. The first-order valence-corrected chi connectivity index (χ1v) is 6.64. The minimum atomic E-state index is -0.945. The largest absolute Gasteiger partial charge is 0.336 e. The van der Waals surface area contributed by atoms with Crippen LogP contribution in [0, 0.1) is 11.6 Å². The molecule has 0 saturated carbocycles. The third-order valence-corrected chi connectivity index (χ3v) is 3.65. The van der Waals surface area contributed by atoms with Gasteiger partial charge in [0.15, 0.2) is 11.6 Å². The summed E-state index contributed by atoms with van der Waals surface area (Å²) in [7, 11) is 1.97. The van der Waals surface area contributed by atoms with Gasteiger partial charge in [-0.15, -0.1) is 0 Å². The van der Waals surface area contributed by atoms with Crippen LogP contribution in [-0.4, -0.2) is 55.0 Å². The number of hydrogen-bond donors (Lipinski definition) is 1. The monoisotopic (exact) mass is 283 g/mol. The topological polar surface area (TPSA) is 49.6 Å². The molecule has 2 rings (SSSR count). The molecule has 1 aromatic carbocycles. The molecule has 1 atom stereocenters. The molecular weight excluding hydrogens is 264 g/mol. The second-order valence-corrected chi connectivity index (χ2v) is 5.13. The molecule has 2 N–H and O–H groups in total. The van der Waals surface area contributed by atoms with Crippen LogP contribution in [-0.2, 0) is 11.2 Å². The van der Waals surface area contributed by atoms with Crippen molar-refractivity contribution in [2.75, 3.05) is 33.2 Å². The number of likely N-dealkylation sites (N-methyl/N-ethyl adjacent to an activating group) is 1. The number of nitrogens with two attached hydrogens (primary N) is 1. The molecule has 1 amide bonds. The number of benzene rings is 1. The smallest absolute Gasteiger partial charge is 0.227 e. The molecule has 1 heterocycles. The Morgan fingerprint density at radius 3 is 2.85 bits per heavy atom. The molecule has 0 bridgehead atoms. The molecule has 0 spiro atoms. The Bertz CT molecular complexity index is 495. The van der Waals surface area contributed by atoms with Crippen molar-refractivity contribution in [2.45, 2.75) is 12.5 Å². The van der Waals surface area contributed by atoms with E-state index in [1.807, 2.05) is 7.05 Å². The predicted octanol–water partition coefficient (Wildman–Crippen LogP) is 0.609. The van der Waals surface area contributed by atoms with E-state index in [1.54, 1.807) is 4.90 Å². The molecule has 1 aliphatic rings. The van der Waals surface area contributed by atoms with Crippen molar-refractivity contribution < 1.29 is 13.6 Å². The Kier molecular flexibility index (Phi) is 4.67. The van der Waals surface area contributed by atoms with Crippen molar-refractivity contribution >= 4 is 5.91 Å². The SMILES string of the molecule is CN1CCN(C(=O)Cc2cccc(F)c2F)C(CN)C1. The van der Waals surface area contributed by atoms with Crippen molar-refractivity contribution in [2.24, 2.45) is 5.73 Å². The average molecular weight is 283 g/mol. The quantitative estimate of drug-likeness (QED) is 0.884. The van der Waals surface area contributed by atoms with Gasteiger partial charge in [-0.25, -0.2) is 8.78 Å². The van der Waals surface area contributed by atoms with Gasteiger partial charge in [0.2, 0.25) is 5.91 Å². The van der Waals surface area contributed by atoms with E-state index in [0.717, 1.165) is 12.6 Å². The van der Waals surface area contributed by atoms with Gasteiger partial charge in [0.05, 0.1) is 12.5 Å². The maximum absolute atomic E-state index is 13.6. The van der Waals surface area contributed by atoms with E-state index in [2.05, 4.69) is 4.90 Å². The van der Waals surface area contributed by atoms with Gasteiger partial charge in [-0.05, 0) is 13.1 Å². The zero-order valence-electron chi connectivity index (χ0n) is 11.5. The maximum Gasteiger partial charge on any atom is 0.227 e. The summed E-state index contributed by atoms with van der Waals surface area (Å²) in [6.07, 6.45) is -0.135. The number of halogens is 2. The van der Waals surface area contributed by atoms with Crippen LogP contribution in [0.4, 0.5) is 8.78 Å². The van der Waals surface area contributed by atoms with E-state index in [1.165, 1.54) is 12.1 Å². The zero-order chi connectivity index (χ0) is 14.7. The van der Waals surface area contributed by atoms with Gasteiger partial charge in [-0.2, -0.15) is 0 Å². The van der Waals surface area contributed by atoms with Gasteiger partial charge in [-0.1, -0.05) is 12.1 Å². The van der Waals surface area contributed by atoms with Gasteiger partial charge >= 0.3 is 0 Å². The van der Waals surface area contributed by atoms with E-state index in [-0.39, 0.29) is 23.9 Å². The Morgan fingerprint density at radius 2 is 2.15 bits per heavy atom. The maximum atomic E-state index is 13.6. The number of amides is 1. The third-order valence-electron chi connectivity index (χ3n) is 3.65. The van der Waals surface area contributed by atoms with Gasteiger partial charge in [0, 0.05) is 31.7 Å². The van der Waals surface area contributed by atoms with E-state index in [4.69, 9.17) is 5.73 Å². The predicted molar refractivity (Wildman–Crippen MR) is 72.1 cm³/mol. The summed E-state index contributed by atoms with van der Waals surface area (Å²) in [5.41, 5.74) is 5.77. The minimum Gasteiger partial charge on any atom is -0.336 e. The standard InChI is InChI=1S/C14H19F2N3O/c1-18-5-6-19(11(8-17)9-18)13(20)7-10-3-2-4-12(15)14(10)16/h2-4,11H,5-9,17H2,1H3. The first-order chi connectivity index (χ1) is 9.52. The highest BCUT2D eigenvalue weighted by Gasteiger charge is 2.28. The lowest BCUT2D eigenvalue weighted by Gasteiger charge is -2.39. The van der Waals surface area contributed by atoms with E-state index in [9.17, 15) is 13.6 Å². The second-order valence-electron chi connectivity index (χ2n) is 5.13. The number of carbonyl (C=O) groups is 1. The van der Waals surface area contributed by atoms with Crippen LogP contribution in [0.25, 0.3) is 0 Å². The Morgan fingerprint density at radius 1 is 1.40 bits per heavy atom. The molecule has 0 aliphatic carbocycles. The third kappa shape index (κ3) is 3.13. The molecule has 1 fully saturated rings. The lowest BCUT2D eigenvalue weighted by atomic mass is 10.1. The molecule has 110 valence electrons. The molecule has 1 unspecified atom stereocenters. The van der Waals surface area contributed by atoms with Crippen molar-refractivity contribution in [3.8, 4) is 0 Å². The second kappa shape index (κ2) is 6.28. The van der Waals surface area contributed by atoms with Crippen molar-refractivity contribution in [3.63, 3.8) is 0 Å². The number of rotatable bonds is 3. The number of carbonyl (C=O) groups excluding carboxylic acids is 1. The van der Waals surface area contributed by atoms with Crippen LogP contribution in [0.3, 0.4) is 0 Å². The van der Waals surface area contributed by atoms with E-state index < -0.39 is 11.6 Å². The molecule has 6 heteroatoms. The van der Waals surface area contributed by atoms with Crippen LogP contribution < -0.4 is 5.73 Å². The van der Waals surface area contributed by atoms with Crippen LogP contribution in [0.15, 0.2) is 18.2 Å². The highest BCUT2D eigenvalue weighted by atomic mass is 19.2. The summed E-state index contributed by atoms with van der Waals surface area (Å²) in [6, 6.07) is 3.81. The summed E-state index contributed by atoms with van der Waals surface area (Å²) >= 11 is 0. The van der Waals surface area contributed by atoms with E-state index >= 15 is 0 Å². The molecule has 0 aromatic heterocycles. The Labute approximate surface area is 117 Å². The fraction of sp³-hybridized carbons (Fsp3) is 0.500. The first kappa shape index (κ1) is 14.9. The van der Waals surface area contributed by atoms with Crippen LogP contribution in [0.2, 0.25) is 0 Å².